The lowest BCUT2D eigenvalue weighted by Gasteiger charge is -2.06. The van der Waals surface area contributed by atoms with Gasteiger partial charge in [0.15, 0.2) is 11.5 Å². The molecule has 1 rings (SSSR count). The predicted octanol–water partition coefficient (Wildman–Crippen LogP) is 1.82. The zero-order valence-electron chi connectivity index (χ0n) is 9.63. The van der Waals surface area contributed by atoms with Crippen LogP contribution in [-0.4, -0.2) is 31.0 Å². The predicted molar refractivity (Wildman–Crippen MR) is 60.5 cm³/mol. The van der Waals surface area contributed by atoms with Gasteiger partial charge >= 0.3 is 5.69 Å². The Morgan fingerprint density at radius 1 is 1.41 bits per heavy atom. The maximum Gasteiger partial charge on any atom is 0.311 e. The van der Waals surface area contributed by atoms with Gasteiger partial charge in [0.1, 0.15) is 6.61 Å². The Hall–Kier alpha value is -1.95. The van der Waals surface area contributed by atoms with Crippen LogP contribution >= 0.6 is 0 Å². The van der Waals surface area contributed by atoms with Crippen LogP contribution in [0.1, 0.15) is 17.3 Å². The highest BCUT2D eigenvalue weighted by Gasteiger charge is 2.17. The normalized spacial score (nSPS) is 10.0. The van der Waals surface area contributed by atoms with Gasteiger partial charge in [-0.05, 0) is 19.1 Å². The first-order valence-electron chi connectivity index (χ1n) is 4.97. The Bertz CT molecular complexity index is 430. The number of Topliss-reactive ketones (excluding diaryl/α,β-unsaturated/α-hetero) is 1. The summed E-state index contributed by atoms with van der Waals surface area (Å²) < 4.78 is 9.97. The average molecular weight is 239 g/mol. The summed E-state index contributed by atoms with van der Waals surface area (Å²) in [7, 11) is 1.51. The van der Waals surface area contributed by atoms with Gasteiger partial charge in [0.25, 0.3) is 0 Å². The molecule has 0 N–H and O–H groups in total. The van der Waals surface area contributed by atoms with Crippen LogP contribution in [0.4, 0.5) is 5.69 Å². The van der Waals surface area contributed by atoms with Crippen LogP contribution < -0.4 is 4.74 Å². The SMILES string of the molecule is COCCOc1ccc(C(C)=O)cc1[N+](=O)[O-]. The monoisotopic (exact) mass is 239 g/mol. The number of rotatable bonds is 6. The summed E-state index contributed by atoms with van der Waals surface area (Å²) in [4.78, 5) is 21.3. The van der Waals surface area contributed by atoms with E-state index >= 15 is 0 Å². The van der Waals surface area contributed by atoms with Crippen LogP contribution in [0.15, 0.2) is 18.2 Å². The molecule has 6 nitrogen and oxygen atoms in total. The number of ether oxygens (including phenoxy) is 2. The quantitative estimate of drug-likeness (QED) is 0.327. The fourth-order valence-corrected chi connectivity index (χ4v) is 1.24. The van der Waals surface area contributed by atoms with Crippen molar-refractivity contribution < 1.29 is 19.2 Å². The van der Waals surface area contributed by atoms with Crippen molar-refractivity contribution in [2.75, 3.05) is 20.3 Å². The van der Waals surface area contributed by atoms with Gasteiger partial charge in [-0.1, -0.05) is 0 Å². The summed E-state index contributed by atoms with van der Waals surface area (Å²) in [5.74, 6) is -0.0893. The maximum absolute atomic E-state index is 11.1. The number of ketones is 1. The molecule has 0 saturated heterocycles. The second kappa shape index (κ2) is 5.95. The third-order valence-corrected chi connectivity index (χ3v) is 2.11. The van der Waals surface area contributed by atoms with Crippen LogP contribution in [0, 0.1) is 10.1 Å². The van der Waals surface area contributed by atoms with E-state index in [-0.39, 0.29) is 29.4 Å². The summed E-state index contributed by atoms with van der Waals surface area (Å²) in [6.07, 6.45) is 0. The van der Waals surface area contributed by atoms with Gasteiger partial charge in [0, 0.05) is 18.7 Å². The number of nitro benzene ring substituents is 1. The summed E-state index contributed by atoms with van der Waals surface area (Å²) in [6, 6.07) is 4.13. The Kier molecular flexibility index (Phi) is 4.59. The van der Waals surface area contributed by atoms with E-state index in [0.29, 0.717) is 6.61 Å². The van der Waals surface area contributed by atoms with Crippen molar-refractivity contribution in [1.82, 2.24) is 0 Å². The first-order valence-corrected chi connectivity index (χ1v) is 4.97. The molecule has 0 heterocycles. The molecule has 0 atom stereocenters. The molecule has 0 saturated carbocycles. The topological polar surface area (TPSA) is 78.7 Å². The fraction of sp³-hybridized carbons (Fsp3) is 0.364. The Morgan fingerprint density at radius 3 is 2.65 bits per heavy atom. The molecule has 0 aromatic heterocycles. The lowest BCUT2D eigenvalue weighted by molar-refractivity contribution is -0.385. The zero-order valence-corrected chi connectivity index (χ0v) is 9.63. The molecule has 0 unspecified atom stereocenters. The van der Waals surface area contributed by atoms with Crippen LogP contribution in [0.25, 0.3) is 0 Å². The highest BCUT2D eigenvalue weighted by molar-refractivity contribution is 5.95. The number of benzene rings is 1. The van der Waals surface area contributed by atoms with Gasteiger partial charge in [-0.15, -0.1) is 0 Å². The molecule has 0 aliphatic carbocycles. The van der Waals surface area contributed by atoms with Crippen molar-refractivity contribution >= 4 is 11.5 Å². The van der Waals surface area contributed by atoms with Crippen LogP contribution in [0.5, 0.6) is 5.75 Å². The highest BCUT2D eigenvalue weighted by atomic mass is 16.6. The number of methoxy groups -OCH3 is 1. The third kappa shape index (κ3) is 3.53. The molecule has 0 bridgehead atoms. The number of hydrogen-bond donors (Lipinski definition) is 0. The second-order valence-electron chi connectivity index (χ2n) is 3.34. The molecule has 17 heavy (non-hydrogen) atoms. The van der Waals surface area contributed by atoms with Crippen LogP contribution in [-0.2, 0) is 4.74 Å². The van der Waals surface area contributed by atoms with Crippen LogP contribution in [0.2, 0.25) is 0 Å². The first kappa shape index (κ1) is 13.1. The number of nitrogens with zero attached hydrogens (tertiary/aromatic N) is 1. The molecular formula is C11H13NO5. The lowest BCUT2D eigenvalue weighted by atomic mass is 10.1. The van der Waals surface area contributed by atoms with E-state index in [1.807, 2.05) is 0 Å². The molecule has 0 amide bonds. The van der Waals surface area contributed by atoms with Crippen molar-refractivity contribution in [2.45, 2.75) is 6.92 Å². The molecule has 6 heteroatoms. The highest BCUT2D eigenvalue weighted by Crippen LogP contribution is 2.28. The van der Waals surface area contributed by atoms with Gasteiger partial charge in [-0.3, -0.25) is 14.9 Å². The molecule has 1 aromatic rings. The van der Waals surface area contributed by atoms with Crippen molar-refractivity contribution in [3.05, 3.63) is 33.9 Å². The first-order chi connectivity index (χ1) is 8.06. The van der Waals surface area contributed by atoms with E-state index in [0.717, 1.165) is 0 Å². The van der Waals surface area contributed by atoms with E-state index < -0.39 is 4.92 Å². The molecule has 92 valence electrons. The number of carbonyl (C=O) groups excluding carboxylic acids is 1. The van der Waals surface area contributed by atoms with Gasteiger partial charge in [0.05, 0.1) is 11.5 Å². The van der Waals surface area contributed by atoms with Crippen molar-refractivity contribution in [3.63, 3.8) is 0 Å². The van der Waals surface area contributed by atoms with E-state index in [9.17, 15) is 14.9 Å². The third-order valence-electron chi connectivity index (χ3n) is 2.11. The van der Waals surface area contributed by atoms with Crippen molar-refractivity contribution in [1.29, 1.82) is 0 Å². The molecule has 0 spiro atoms. The summed E-state index contributed by atoms with van der Waals surface area (Å²) in [6.45, 7) is 1.91. The van der Waals surface area contributed by atoms with Gasteiger partial charge in [-0.25, -0.2) is 0 Å². The molecule has 0 aliphatic rings. The van der Waals surface area contributed by atoms with E-state index in [2.05, 4.69) is 0 Å². The second-order valence-corrected chi connectivity index (χ2v) is 3.34. The molecule has 0 fully saturated rings. The van der Waals surface area contributed by atoms with Crippen molar-refractivity contribution in [3.8, 4) is 5.75 Å². The van der Waals surface area contributed by atoms with E-state index in [1.165, 1.54) is 32.2 Å². The van der Waals surface area contributed by atoms with Gasteiger partial charge < -0.3 is 9.47 Å². The van der Waals surface area contributed by atoms with E-state index in [4.69, 9.17) is 9.47 Å². The summed E-state index contributed by atoms with van der Waals surface area (Å²) >= 11 is 0. The van der Waals surface area contributed by atoms with Crippen LogP contribution in [0.3, 0.4) is 0 Å². The summed E-state index contributed by atoms with van der Waals surface area (Å²) in [5.41, 5.74) is 0.0737. The van der Waals surface area contributed by atoms with Crippen molar-refractivity contribution in [2.24, 2.45) is 0 Å². The number of nitro groups is 1. The molecular weight excluding hydrogens is 226 g/mol. The number of hydrogen-bond acceptors (Lipinski definition) is 5. The maximum atomic E-state index is 11.1. The van der Waals surface area contributed by atoms with Gasteiger partial charge in [-0.2, -0.15) is 0 Å². The molecule has 1 aromatic carbocycles. The summed E-state index contributed by atoms with van der Waals surface area (Å²) in [5, 5.41) is 10.8. The molecule has 0 radical (unpaired) electrons. The lowest BCUT2D eigenvalue weighted by Crippen LogP contribution is -2.06. The number of carbonyl (C=O) groups is 1. The van der Waals surface area contributed by atoms with Gasteiger partial charge in [0.2, 0.25) is 0 Å². The zero-order chi connectivity index (χ0) is 12.8. The smallest absolute Gasteiger partial charge is 0.311 e. The standard InChI is InChI=1S/C11H13NO5/c1-8(13)9-3-4-11(17-6-5-16-2)10(7-9)12(14)15/h3-4,7H,5-6H2,1-2H3. The largest absolute Gasteiger partial charge is 0.484 e. The average Bonchev–Trinajstić information content (AvgIpc) is 2.29. The minimum atomic E-state index is -0.575. The Morgan fingerprint density at radius 2 is 2.12 bits per heavy atom. The van der Waals surface area contributed by atoms with E-state index in [1.54, 1.807) is 0 Å². The molecule has 0 aliphatic heterocycles. The minimum Gasteiger partial charge on any atom is -0.484 e. The minimum absolute atomic E-state index is 0.136. The Balaban J connectivity index is 2.96. The fourth-order valence-electron chi connectivity index (χ4n) is 1.24. The Labute approximate surface area is 98.3 Å².